The van der Waals surface area contributed by atoms with Crippen LogP contribution in [0.3, 0.4) is 0 Å². The zero-order valence-electron chi connectivity index (χ0n) is 17.6. The largest absolute Gasteiger partial charge is 0.497 e. The highest BCUT2D eigenvalue weighted by molar-refractivity contribution is 7.94. The van der Waals surface area contributed by atoms with Crippen LogP contribution in [-0.4, -0.2) is 31.6 Å². The Kier molecular flexibility index (Phi) is 6.96. The molecule has 4 aromatic rings. The van der Waals surface area contributed by atoms with Gasteiger partial charge >= 0.3 is 0 Å². The Morgan fingerprint density at radius 2 is 1.68 bits per heavy atom. The highest BCUT2D eigenvalue weighted by atomic mass is 35.5. The molecule has 1 heterocycles. The van der Waals surface area contributed by atoms with Crippen molar-refractivity contribution in [3.05, 3.63) is 83.4 Å². The van der Waals surface area contributed by atoms with Crippen LogP contribution in [0.5, 0.6) is 17.2 Å². The van der Waals surface area contributed by atoms with Gasteiger partial charge in [0.25, 0.3) is 20.3 Å². The second-order valence-corrected chi connectivity index (χ2v) is 9.99. The average molecular weight is 517 g/mol. The van der Waals surface area contributed by atoms with Crippen molar-refractivity contribution >= 4 is 49.7 Å². The molecular formula is C22H17ClN4O5S2. The van der Waals surface area contributed by atoms with E-state index in [1.807, 2.05) is 0 Å². The minimum atomic E-state index is -4.15. The molecular weight excluding hydrogens is 500 g/mol. The number of hydrogen-bond acceptors (Lipinski definition) is 8. The molecule has 0 unspecified atom stereocenters. The van der Waals surface area contributed by atoms with Crippen molar-refractivity contribution in [2.75, 3.05) is 17.1 Å². The van der Waals surface area contributed by atoms with Crippen molar-refractivity contribution in [2.45, 2.75) is 4.34 Å². The maximum absolute atomic E-state index is 12.9. The number of hydrogen-bond donors (Lipinski definition) is 2. The van der Waals surface area contributed by atoms with Crippen LogP contribution in [0.25, 0.3) is 0 Å². The monoisotopic (exact) mass is 516 g/mol. The van der Waals surface area contributed by atoms with Crippen molar-refractivity contribution in [1.82, 2.24) is 10.2 Å². The van der Waals surface area contributed by atoms with Crippen LogP contribution in [-0.2, 0) is 10.0 Å². The number of rotatable bonds is 8. The quantitative estimate of drug-likeness (QED) is 0.314. The van der Waals surface area contributed by atoms with E-state index in [2.05, 4.69) is 20.2 Å². The second-order valence-electron chi connectivity index (χ2n) is 6.72. The molecule has 0 aliphatic rings. The summed E-state index contributed by atoms with van der Waals surface area (Å²) in [6.45, 7) is 0. The molecule has 12 heteroatoms. The molecule has 174 valence electrons. The van der Waals surface area contributed by atoms with Gasteiger partial charge in [-0.1, -0.05) is 41.1 Å². The first-order chi connectivity index (χ1) is 16.3. The summed E-state index contributed by atoms with van der Waals surface area (Å²) in [6, 6.07) is 19.8. The lowest BCUT2D eigenvalue weighted by atomic mass is 10.2. The number of nitrogens with one attached hydrogen (secondary N) is 2. The van der Waals surface area contributed by atoms with E-state index >= 15 is 0 Å². The Labute approximate surface area is 204 Å². The third-order valence-electron chi connectivity index (χ3n) is 4.37. The van der Waals surface area contributed by atoms with Gasteiger partial charge in [-0.15, -0.1) is 10.2 Å². The van der Waals surface area contributed by atoms with Crippen LogP contribution in [0.4, 0.5) is 10.8 Å². The fourth-order valence-electron chi connectivity index (χ4n) is 2.76. The van der Waals surface area contributed by atoms with Gasteiger partial charge in [0.1, 0.15) is 11.5 Å². The number of nitrogens with zero attached hydrogens (tertiary/aromatic N) is 2. The molecule has 1 amide bonds. The highest BCUT2D eigenvalue weighted by Crippen LogP contribution is 2.34. The number of carbonyl (C=O) groups is 1. The summed E-state index contributed by atoms with van der Waals surface area (Å²) in [4.78, 5) is 12.3. The molecule has 9 nitrogen and oxygen atoms in total. The van der Waals surface area contributed by atoms with Gasteiger partial charge in [-0.05, 0) is 54.6 Å². The summed E-state index contributed by atoms with van der Waals surface area (Å²) in [6.07, 6.45) is 0. The fraction of sp³-hybridized carbons (Fsp3) is 0.0455. The van der Waals surface area contributed by atoms with E-state index in [9.17, 15) is 13.2 Å². The molecule has 4 rings (SSSR count). The first kappa shape index (κ1) is 23.5. The van der Waals surface area contributed by atoms with Crippen LogP contribution >= 0.6 is 22.9 Å². The zero-order valence-corrected chi connectivity index (χ0v) is 19.9. The standard InChI is InChI=1S/C22H17ClN4O5S2/c1-31-16-8-10-17(11-9-16)32-19-12-7-15(23)13-18(19)27-34(29,30)22-26-25-21(33-22)24-20(28)14-5-3-2-4-6-14/h2-13,27H,1H3,(H,24,25,28). The molecule has 1 aromatic heterocycles. The van der Waals surface area contributed by atoms with Crippen molar-refractivity contribution in [2.24, 2.45) is 0 Å². The molecule has 0 aliphatic heterocycles. The lowest BCUT2D eigenvalue weighted by Crippen LogP contribution is -2.13. The van der Waals surface area contributed by atoms with Crippen LogP contribution in [0, 0.1) is 0 Å². The van der Waals surface area contributed by atoms with Gasteiger partial charge in [0.2, 0.25) is 5.13 Å². The number of benzene rings is 3. The summed E-state index contributed by atoms with van der Waals surface area (Å²) >= 11 is 6.78. The van der Waals surface area contributed by atoms with Crippen molar-refractivity contribution in [3.63, 3.8) is 0 Å². The van der Waals surface area contributed by atoms with Gasteiger partial charge < -0.3 is 9.47 Å². The number of anilines is 2. The van der Waals surface area contributed by atoms with E-state index in [1.165, 1.54) is 12.1 Å². The maximum atomic E-state index is 12.9. The zero-order chi connectivity index (χ0) is 24.1. The maximum Gasteiger partial charge on any atom is 0.291 e. The SMILES string of the molecule is COc1ccc(Oc2ccc(Cl)cc2NS(=O)(=O)c2nnc(NC(=O)c3ccccc3)s2)cc1. The first-order valence-electron chi connectivity index (χ1n) is 9.68. The number of sulfonamides is 1. The molecule has 0 atom stereocenters. The number of halogens is 1. The molecule has 0 saturated carbocycles. The lowest BCUT2D eigenvalue weighted by molar-refractivity contribution is 0.102. The van der Waals surface area contributed by atoms with Crippen LogP contribution in [0.15, 0.2) is 77.1 Å². The topological polar surface area (TPSA) is 120 Å². The van der Waals surface area contributed by atoms with Crippen LogP contribution in [0.1, 0.15) is 10.4 Å². The molecule has 0 spiro atoms. The minimum Gasteiger partial charge on any atom is -0.497 e. The van der Waals surface area contributed by atoms with Gasteiger partial charge in [-0.25, -0.2) is 0 Å². The predicted octanol–water partition coefficient (Wildman–Crippen LogP) is 5.05. The lowest BCUT2D eigenvalue weighted by Gasteiger charge is -2.13. The van der Waals surface area contributed by atoms with E-state index in [-0.39, 0.29) is 20.9 Å². The molecule has 0 saturated heterocycles. The number of aromatic nitrogens is 2. The van der Waals surface area contributed by atoms with E-state index < -0.39 is 15.9 Å². The predicted molar refractivity (Wildman–Crippen MR) is 130 cm³/mol. The molecule has 3 aromatic carbocycles. The summed E-state index contributed by atoms with van der Waals surface area (Å²) in [5, 5.41) is 10.3. The highest BCUT2D eigenvalue weighted by Gasteiger charge is 2.23. The van der Waals surface area contributed by atoms with Crippen LogP contribution in [0.2, 0.25) is 5.02 Å². The second kappa shape index (κ2) is 10.1. The van der Waals surface area contributed by atoms with E-state index in [0.717, 1.165) is 0 Å². The summed E-state index contributed by atoms with van der Waals surface area (Å²) in [5.74, 6) is 0.903. The van der Waals surface area contributed by atoms with Gasteiger partial charge in [-0.2, -0.15) is 8.42 Å². The Morgan fingerprint density at radius 3 is 2.38 bits per heavy atom. The van der Waals surface area contributed by atoms with E-state index in [1.54, 1.807) is 67.8 Å². The Balaban J connectivity index is 1.53. The summed E-state index contributed by atoms with van der Waals surface area (Å²) in [7, 11) is -2.60. The van der Waals surface area contributed by atoms with Gasteiger partial charge in [0, 0.05) is 10.6 Å². The van der Waals surface area contributed by atoms with Crippen molar-refractivity contribution in [1.29, 1.82) is 0 Å². The molecule has 0 aliphatic carbocycles. The molecule has 2 N–H and O–H groups in total. The average Bonchev–Trinajstić information content (AvgIpc) is 3.31. The molecule has 0 radical (unpaired) electrons. The van der Waals surface area contributed by atoms with Crippen molar-refractivity contribution < 1.29 is 22.7 Å². The number of methoxy groups -OCH3 is 1. The Bertz CT molecular complexity index is 1410. The van der Waals surface area contributed by atoms with Gasteiger partial charge in [0.15, 0.2) is 5.75 Å². The fourth-order valence-corrected chi connectivity index (χ4v) is 4.89. The van der Waals surface area contributed by atoms with Crippen LogP contribution < -0.4 is 19.5 Å². The molecule has 0 bridgehead atoms. The molecule has 34 heavy (non-hydrogen) atoms. The summed E-state index contributed by atoms with van der Waals surface area (Å²) in [5.41, 5.74) is 0.507. The third-order valence-corrected chi connectivity index (χ3v) is 7.17. The number of ether oxygens (including phenoxy) is 2. The van der Waals surface area contributed by atoms with Gasteiger partial charge in [0.05, 0.1) is 12.8 Å². The van der Waals surface area contributed by atoms with Gasteiger partial charge in [-0.3, -0.25) is 14.8 Å². The Hall–Kier alpha value is -3.67. The number of carbonyl (C=O) groups excluding carboxylic acids is 1. The third kappa shape index (κ3) is 5.63. The Morgan fingerprint density at radius 1 is 0.971 bits per heavy atom. The smallest absolute Gasteiger partial charge is 0.291 e. The normalized spacial score (nSPS) is 11.0. The molecule has 0 fully saturated rings. The van der Waals surface area contributed by atoms with E-state index in [4.69, 9.17) is 21.1 Å². The summed E-state index contributed by atoms with van der Waals surface area (Å²) < 4.78 is 38.9. The van der Waals surface area contributed by atoms with Crippen molar-refractivity contribution in [3.8, 4) is 17.2 Å². The first-order valence-corrected chi connectivity index (χ1v) is 12.4. The minimum absolute atomic E-state index is 0.0371. The van der Waals surface area contributed by atoms with E-state index in [0.29, 0.717) is 33.4 Å². The number of amides is 1.